The summed E-state index contributed by atoms with van der Waals surface area (Å²) < 4.78 is 13.1. The molecule has 1 N–H and O–H groups in total. The van der Waals surface area contributed by atoms with E-state index in [1.807, 2.05) is 30.5 Å². The molecule has 0 spiro atoms. The van der Waals surface area contributed by atoms with E-state index in [2.05, 4.69) is 28.1 Å². The van der Waals surface area contributed by atoms with Gasteiger partial charge in [0, 0.05) is 25.8 Å². The van der Waals surface area contributed by atoms with Crippen molar-refractivity contribution in [2.75, 3.05) is 13.1 Å². The lowest BCUT2D eigenvalue weighted by molar-refractivity contribution is -0.0280. The van der Waals surface area contributed by atoms with Crippen molar-refractivity contribution in [3.8, 4) is 11.1 Å². The Hall–Kier alpha value is -2.56. The van der Waals surface area contributed by atoms with Gasteiger partial charge >= 0.3 is 0 Å². The highest BCUT2D eigenvalue weighted by Crippen LogP contribution is 2.33. The van der Waals surface area contributed by atoms with Crippen molar-refractivity contribution >= 4 is 0 Å². The first-order chi connectivity index (χ1) is 13.1. The summed E-state index contributed by atoms with van der Waals surface area (Å²) in [6.07, 6.45) is 3.13. The lowest BCUT2D eigenvalue weighted by Gasteiger charge is -2.38. The van der Waals surface area contributed by atoms with Crippen LogP contribution < -0.4 is 0 Å². The van der Waals surface area contributed by atoms with Crippen LogP contribution in [0.4, 0.5) is 4.39 Å². The number of likely N-dealkylation sites (tertiary alicyclic amines) is 1. The van der Waals surface area contributed by atoms with Gasteiger partial charge in [-0.05, 0) is 53.8 Å². The molecule has 1 fully saturated rings. The van der Waals surface area contributed by atoms with Gasteiger partial charge in [0.1, 0.15) is 5.82 Å². The second-order valence-corrected chi connectivity index (χ2v) is 7.22. The summed E-state index contributed by atoms with van der Waals surface area (Å²) in [7, 11) is 0. The molecule has 0 aliphatic carbocycles. The van der Waals surface area contributed by atoms with Gasteiger partial charge in [-0.25, -0.2) is 4.39 Å². The van der Waals surface area contributed by atoms with Crippen LogP contribution in [0.3, 0.4) is 0 Å². The molecule has 0 unspecified atom stereocenters. The third-order valence-corrected chi connectivity index (χ3v) is 5.37. The monoisotopic (exact) mass is 362 g/mol. The molecule has 1 aliphatic heterocycles. The molecule has 3 aromatic rings. The number of pyridine rings is 1. The van der Waals surface area contributed by atoms with Gasteiger partial charge in [-0.1, -0.05) is 42.5 Å². The summed E-state index contributed by atoms with van der Waals surface area (Å²) in [5, 5.41) is 10.9. The van der Waals surface area contributed by atoms with Gasteiger partial charge in [-0.3, -0.25) is 9.88 Å². The van der Waals surface area contributed by atoms with E-state index in [0.717, 1.165) is 30.9 Å². The molecule has 138 valence electrons. The Kier molecular flexibility index (Phi) is 5.01. The lowest BCUT2D eigenvalue weighted by Crippen LogP contribution is -2.42. The molecule has 0 bridgehead atoms. The fourth-order valence-corrected chi connectivity index (χ4v) is 3.73. The molecule has 27 heavy (non-hydrogen) atoms. The number of aromatic nitrogens is 1. The van der Waals surface area contributed by atoms with E-state index in [1.165, 1.54) is 23.3 Å². The smallest absolute Gasteiger partial charge is 0.123 e. The third kappa shape index (κ3) is 4.07. The molecule has 0 saturated carbocycles. The summed E-state index contributed by atoms with van der Waals surface area (Å²) in [6, 6.07) is 20.7. The van der Waals surface area contributed by atoms with Crippen LogP contribution in [0.5, 0.6) is 0 Å². The zero-order chi connectivity index (χ0) is 18.7. The molecule has 4 rings (SSSR count). The maximum atomic E-state index is 13.1. The number of halogens is 1. The number of hydrogen-bond acceptors (Lipinski definition) is 3. The zero-order valence-corrected chi connectivity index (χ0v) is 15.2. The first-order valence-corrected chi connectivity index (χ1v) is 9.34. The van der Waals surface area contributed by atoms with Gasteiger partial charge in [0.05, 0.1) is 11.3 Å². The quantitative estimate of drug-likeness (QED) is 0.749. The molecule has 2 aromatic carbocycles. The standard InChI is InChI=1S/C23H23FN2O/c24-21-8-6-20(7-9-21)23(27)11-14-26(15-12-23)17-22-16-19(10-13-25-22)18-4-2-1-3-5-18/h1-10,13,16,27H,11-12,14-15,17H2. The van der Waals surface area contributed by atoms with Gasteiger partial charge in [0.25, 0.3) is 0 Å². The Balaban J connectivity index is 1.42. The minimum Gasteiger partial charge on any atom is -0.385 e. The Morgan fingerprint density at radius 2 is 1.63 bits per heavy atom. The van der Waals surface area contributed by atoms with Crippen molar-refractivity contribution in [3.63, 3.8) is 0 Å². The largest absolute Gasteiger partial charge is 0.385 e. The molecule has 1 aromatic heterocycles. The van der Waals surface area contributed by atoms with Gasteiger partial charge in [-0.2, -0.15) is 0 Å². The molecule has 3 nitrogen and oxygen atoms in total. The number of aliphatic hydroxyl groups is 1. The van der Waals surface area contributed by atoms with E-state index in [1.54, 1.807) is 12.1 Å². The van der Waals surface area contributed by atoms with Crippen molar-refractivity contribution < 1.29 is 9.50 Å². The van der Waals surface area contributed by atoms with Crippen molar-refractivity contribution in [1.82, 2.24) is 9.88 Å². The first kappa shape index (κ1) is 17.8. The summed E-state index contributed by atoms with van der Waals surface area (Å²) >= 11 is 0. The molecule has 4 heteroatoms. The van der Waals surface area contributed by atoms with E-state index < -0.39 is 5.60 Å². The highest BCUT2D eigenvalue weighted by atomic mass is 19.1. The van der Waals surface area contributed by atoms with Crippen molar-refractivity contribution in [2.45, 2.75) is 25.0 Å². The van der Waals surface area contributed by atoms with Crippen molar-refractivity contribution in [1.29, 1.82) is 0 Å². The first-order valence-electron chi connectivity index (χ1n) is 9.34. The van der Waals surface area contributed by atoms with Crippen LogP contribution in [0.2, 0.25) is 0 Å². The molecule has 0 radical (unpaired) electrons. The number of rotatable bonds is 4. The second-order valence-electron chi connectivity index (χ2n) is 7.22. The van der Waals surface area contributed by atoms with Crippen LogP contribution in [0.25, 0.3) is 11.1 Å². The molecule has 1 saturated heterocycles. The van der Waals surface area contributed by atoms with Crippen LogP contribution >= 0.6 is 0 Å². The number of piperidine rings is 1. The lowest BCUT2D eigenvalue weighted by atomic mass is 9.84. The topological polar surface area (TPSA) is 36.4 Å². The molecular formula is C23H23FN2O. The Morgan fingerprint density at radius 3 is 2.33 bits per heavy atom. The predicted molar refractivity (Wildman–Crippen MR) is 104 cm³/mol. The van der Waals surface area contributed by atoms with Gasteiger partial charge in [0.2, 0.25) is 0 Å². The third-order valence-electron chi connectivity index (χ3n) is 5.37. The number of hydrogen-bond donors (Lipinski definition) is 1. The van der Waals surface area contributed by atoms with Gasteiger partial charge in [0.15, 0.2) is 0 Å². The normalized spacial score (nSPS) is 17.0. The Morgan fingerprint density at radius 1 is 0.926 bits per heavy atom. The average Bonchev–Trinajstić information content (AvgIpc) is 2.71. The summed E-state index contributed by atoms with van der Waals surface area (Å²) in [5.41, 5.74) is 3.31. The SMILES string of the molecule is OC1(c2ccc(F)cc2)CCN(Cc2cc(-c3ccccc3)ccn2)CC1. The fraction of sp³-hybridized carbons (Fsp3) is 0.261. The van der Waals surface area contributed by atoms with Crippen LogP contribution in [0.15, 0.2) is 72.9 Å². The maximum absolute atomic E-state index is 13.1. The highest BCUT2D eigenvalue weighted by Gasteiger charge is 2.33. The minimum absolute atomic E-state index is 0.274. The van der Waals surface area contributed by atoms with Crippen LogP contribution in [0.1, 0.15) is 24.1 Å². The number of benzene rings is 2. The van der Waals surface area contributed by atoms with Crippen LogP contribution in [-0.4, -0.2) is 28.1 Å². The minimum atomic E-state index is -0.872. The maximum Gasteiger partial charge on any atom is 0.123 e. The fourth-order valence-electron chi connectivity index (χ4n) is 3.73. The molecule has 0 atom stereocenters. The number of nitrogens with zero attached hydrogens (tertiary/aromatic N) is 2. The van der Waals surface area contributed by atoms with Gasteiger partial charge < -0.3 is 5.11 Å². The Bertz CT molecular complexity index is 888. The second kappa shape index (κ2) is 7.59. The molecule has 1 aliphatic rings. The van der Waals surface area contributed by atoms with Crippen LogP contribution in [0, 0.1) is 5.82 Å². The van der Waals surface area contributed by atoms with Crippen molar-refractivity contribution in [3.05, 3.63) is 90.0 Å². The zero-order valence-electron chi connectivity index (χ0n) is 15.2. The molecule has 2 heterocycles. The summed E-state index contributed by atoms with van der Waals surface area (Å²) in [4.78, 5) is 6.83. The van der Waals surface area contributed by atoms with Crippen LogP contribution in [-0.2, 0) is 12.1 Å². The average molecular weight is 362 g/mol. The van der Waals surface area contributed by atoms with E-state index in [4.69, 9.17) is 0 Å². The molecule has 0 amide bonds. The van der Waals surface area contributed by atoms with E-state index in [-0.39, 0.29) is 5.82 Å². The van der Waals surface area contributed by atoms with Gasteiger partial charge in [-0.15, -0.1) is 0 Å². The molecular weight excluding hydrogens is 339 g/mol. The highest BCUT2D eigenvalue weighted by molar-refractivity contribution is 5.63. The van der Waals surface area contributed by atoms with Crippen molar-refractivity contribution in [2.24, 2.45) is 0 Å². The summed E-state index contributed by atoms with van der Waals surface area (Å²) in [6.45, 7) is 2.33. The van der Waals surface area contributed by atoms with E-state index in [9.17, 15) is 9.50 Å². The summed E-state index contributed by atoms with van der Waals surface area (Å²) in [5.74, 6) is -0.274. The van der Waals surface area contributed by atoms with E-state index in [0.29, 0.717) is 12.8 Å². The predicted octanol–water partition coefficient (Wildman–Crippen LogP) is 4.37. The Labute approximate surface area is 159 Å². The van der Waals surface area contributed by atoms with E-state index >= 15 is 0 Å².